The molecule has 0 unspecified atom stereocenters. The lowest BCUT2D eigenvalue weighted by Gasteiger charge is -2.10. The van der Waals surface area contributed by atoms with Crippen molar-refractivity contribution in [3.8, 4) is 0 Å². The molecule has 352 valence electrons. The summed E-state index contributed by atoms with van der Waals surface area (Å²) in [6.07, 6.45) is 3.10. The van der Waals surface area contributed by atoms with Crippen LogP contribution in [0.15, 0.2) is 6.20 Å². The Morgan fingerprint density at radius 3 is 1.14 bits per heavy atom. The highest BCUT2D eigenvalue weighted by Gasteiger charge is 2.28. The number of carbonyl (C=O) groups excluding carboxylic acids is 8. The number of aromatic nitrogens is 4. The first-order chi connectivity index (χ1) is 31.1. The number of nitrogens with one attached hydrogen (secondary N) is 4. The summed E-state index contributed by atoms with van der Waals surface area (Å²) in [4.78, 5) is 114. The van der Waals surface area contributed by atoms with Gasteiger partial charge in [0, 0.05) is 85.3 Å². The van der Waals surface area contributed by atoms with Gasteiger partial charge >= 0.3 is 41.8 Å². The second-order valence-electron chi connectivity index (χ2n) is 15.2. The summed E-state index contributed by atoms with van der Waals surface area (Å²) in [6, 6.07) is 0. The minimum absolute atomic E-state index is 0.00143. The van der Waals surface area contributed by atoms with Crippen LogP contribution in [0.4, 0.5) is 0 Å². The van der Waals surface area contributed by atoms with Gasteiger partial charge in [-0.25, -0.2) is 0 Å². The molecule has 0 aliphatic heterocycles. The zero-order valence-electron chi connectivity index (χ0n) is 38.2. The van der Waals surface area contributed by atoms with Crippen molar-refractivity contribution in [1.29, 1.82) is 0 Å². The highest BCUT2D eigenvalue weighted by molar-refractivity contribution is 5.82. The summed E-state index contributed by atoms with van der Waals surface area (Å²) in [6.45, 7) is 1.93. The number of aldehydes is 1. The van der Waals surface area contributed by atoms with Gasteiger partial charge in [0.2, 0.25) is 0 Å². The third-order valence-electron chi connectivity index (χ3n) is 11.6. The van der Waals surface area contributed by atoms with Crippen LogP contribution in [0, 0.1) is 6.92 Å². The van der Waals surface area contributed by atoms with Crippen LogP contribution in [0.25, 0.3) is 0 Å². The lowest BCUT2D eigenvalue weighted by atomic mass is 9.94. The highest BCUT2D eigenvalue weighted by atomic mass is 16.5. The average Bonchev–Trinajstić information content (AvgIpc) is 4.03. The van der Waals surface area contributed by atoms with Crippen molar-refractivity contribution in [1.82, 2.24) is 19.9 Å². The SMILES string of the molecule is COC(=O)CCc1c[nH]c(Cc2[nH]c(Cc3[nH]c(Cc4[nH]c(C=O)c(CC(=O)OC)c4CCC(=O)OC)c(CC(=O)OC)c3CCC(=O)OC)c(CC(=O)OC)c2CCC(=O)OC)c1C. The summed E-state index contributed by atoms with van der Waals surface area (Å²) < 4.78 is 34.8. The van der Waals surface area contributed by atoms with Gasteiger partial charge in [0.1, 0.15) is 0 Å². The average molecular weight is 907 g/mol. The van der Waals surface area contributed by atoms with E-state index in [4.69, 9.17) is 33.2 Å². The van der Waals surface area contributed by atoms with Crippen LogP contribution in [-0.2, 0) is 131 Å². The minimum atomic E-state index is -0.610. The molecule has 4 rings (SSSR count). The predicted octanol–water partition coefficient (Wildman–Crippen LogP) is 3.46. The van der Waals surface area contributed by atoms with Crippen LogP contribution in [-0.4, -0.2) is 118 Å². The molecule has 19 heteroatoms. The number of H-pyrrole nitrogens is 4. The summed E-state index contributed by atoms with van der Waals surface area (Å²) in [5, 5.41) is 0. The zero-order chi connectivity index (χ0) is 47.8. The Bertz CT molecular complexity index is 2380. The number of rotatable bonds is 25. The first-order valence-electron chi connectivity index (χ1n) is 20.9. The van der Waals surface area contributed by atoms with Crippen molar-refractivity contribution < 1.29 is 71.5 Å². The standard InChI is InChI=1S/C46H58N4O15/c1-25-26(9-13-40(52)59-2)23-47-33(25)20-34-27(10-14-41(53)60-3)30(17-44(56)63-6)37(48-34)21-35-28(11-15-42(54)61-4)31(18-45(57)64-7)38(49-35)22-36-29(12-16-43(55)62-5)32(19-46(58)65-8)39(24-51)50-36/h23-24,47-50H,9-22H2,1-8H3. The van der Waals surface area contributed by atoms with E-state index in [9.17, 15) is 38.4 Å². The predicted molar refractivity (Wildman–Crippen MR) is 230 cm³/mol. The van der Waals surface area contributed by atoms with E-state index in [0.29, 0.717) is 81.0 Å². The number of carbonyl (C=O) groups is 8. The molecule has 65 heavy (non-hydrogen) atoms. The Morgan fingerprint density at radius 2 is 0.754 bits per heavy atom. The molecule has 4 aromatic rings. The maximum Gasteiger partial charge on any atom is 0.310 e. The van der Waals surface area contributed by atoms with Gasteiger partial charge in [-0.3, -0.25) is 38.4 Å². The van der Waals surface area contributed by atoms with E-state index in [1.165, 1.54) is 49.8 Å². The summed E-state index contributed by atoms with van der Waals surface area (Å²) in [5.74, 6) is -3.56. The molecule has 4 aromatic heterocycles. The van der Waals surface area contributed by atoms with E-state index >= 15 is 0 Å². The van der Waals surface area contributed by atoms with Crippen LogP contribution < -0.4 is 0 Å². The first kappa shape index (κ1) is 50.7. The second kappa shape index (κ2) is 24.2. The molecule has 0 bridgehead atoms. The Kier molecular flexibility index (Phi) is 18.9. The zero-order valence-corrected chi connectivity index (χ0v) is 38.2. The molecule has 0 radical (unpaired) electrons. The third kappa shape index (κ3) is 13.3. The fourth-order valence-corrected chi connectivity index (χ4v) is 7.98. The Balaban J connectivity index is 1.96. The number of hydrogen-bond acceptors (Lipinski definition) is 15. The van der Waals surface area contributed by atoms with E-state index in [1.54, 1.807) is 0 Å². The molecule has 0 aromatic carbocycles. The third-order valence-corrected chi connectivity index (χ3v) is 11.6. The minimum Gasteiger partial charge on any atom is -0.469 e. The van der Waals surface area contributed by atoms with Gasteiger partial charge in [0.05, 0.1) is 74.7 Å². The lowest BCUT2D eigenvalue weighted by Crippen LogP contribution is -2.11. The molecule has 0 spiro atoms. The van der Waals surface area contributed by atoms with Crippen LogP contribution in [0.3, 0.4) is 0 Å². The molecule has 0 aliphatic carbocycles. The van der Waals surface area contributed by atoms with Crippen molar-refractivity contribution in [2.24, 2.45) is 0 Å². The van der Waals surface area contributed by atoms with E-state index in [-0.39, 0.29) is 88.7 Å². The van der Waals surface area contributed by atoms with Gasteiger partial charge in [0.25, 0.3) is 0 Å². The molecule has 0 saturated heterocycles. The molecule has 4 N–H and O–H groups in total. The Morgan fingerprint density at radius 1 is 0.431 bits per heavy atom. The van der Waals surface area contributed by atoms with Crippen LogP contribution in [0.1, 0.15) is 115 Å². The number of methoxy groups -OCH3 is 7. The monoisotopic (exact) mass is 906 g/mol. The number of esters is 7. The van der Waals surface area contributed by atoms with Crippen molar-refractivity contribution in [2.45, 2.75) is 96.8 Å². The van der Waals surface area contributed by atoms with Crippen LogP contribution in [0.2, 0.25) is 0 Å². The van der Waals surface area contributed by atoms with Gasteiger partial charge in [-0.15, -0.1) is 0 Å². The lowest BCUT2D eigenvalue weighted by molar-refractivity contribution is -0.141. The van der Waals surface area contributed by atoms with E-state index in [0.717, 1.165) is 16.8 Å². The molecule has 4 heterocycles. The largest absolute Gasteiger partial charge is 0.469 e. The molecule has 19 nitrogen and oxygen atoms in total. The Hall–Kier alpha value is -6.92. The van der Waals surface area contributed by atoms with E-state index in [2.05, 4.69) is 19.9 Å². The maximum atomic E-state index is 13.1. The quantitative estimate of drug-likeness (QED) is 0.0422. The van der Waals surface area contributed by atoms with Crippen LogP contribution in [0.5, 0.6) is 0 Å². The summed E-state index contributed by atoms with van der Waals surface area (Å²) in [7, 11) is 8.88. The summed E-state index contributed by atoms with van der Waals surface area (Å²) in [5.41, 5.74) is 8.82. The van der Waals surface area contributed by atoms with Gasteiger partial charge in [-0.2, -0.15) is 0 Å². The smallest absolute Gasteiger partial charge is 0.310 e. The molecule has 0 saturated carbocycles. The highest BCUT2D eigenvalue weighted by Crippen LogP contribution is 2.33. The molecule has 0 fully saturated rings. The fourth-order valence-electron chi connectivity index (χ4n) is 7.98. The van der Waals surface area contributed by atoms with Crippen molar-refractivity contribution >= 4 is 48.1 Å². The number of aryl methyl sites for hydroxylation is 1. The van der Waals surface area contributed by atoms with Gasteiger partial charge in [-0.1, -0.05) is 0 Å². The summed E-state index contributed by atoms with van der Waals surface area (Å²) >= 11 is 0. The fraction of sp³-hybridized carbons (Fsp3) is 0.478. The van der Waals surface area contributed by atoms with Crippen molar-refractivity contribution in [2.75, 3.05) is 49.8 Å². The van der Waals surface area contributed by atoms with E-state index < -0.39 is 35.8 Å². The molecule has 0 aliphatic rings. The first-order valence-corrected chi connectivity index (χ1v) is 20.9. The number of aromatic amines is 4. The van der Waals surface area contributed by atoms with Crippen molar-refractivity contribution in [3.05, 3.63) is 90.6 Å². The normalized spacial score (nSPS) is 10.9. The number of hydrogen-bond donors (Lipinski definition) is 4. The molecule has 0 atom stereocenters. The molecular weight excluding hydrogens is 849 g/mol. The topological polar surface area (TPSA) is 264 Å². The van der Waals surface area contributed by atoms with Crippen molar-refractivity contribution in [3.63, 3.8) is 0 Å². The van der Waals surface area contributed by atoms with Gasteiger partial charge in [-0.05, 0) is 77.1 Å². The van der Waals surface area contributed by atoms with Crippen LogP contribution >= 0.6 is 0 Å². The van der Waals surface area contributed by atoms with Gasteiger partial charge in [0.15, 0.2) is 6.29 Å². The maximum absolute atomic E-state index is 13.1. The van der Waals surface area contributed by atoms with Gasteiger partial charge < -0.3 is 53.1 Å². The van der Waals surface area contributed by atoms with E-state index in [1.807, 2.05) is 13.1 Å². The Labute approximate surface area is 375 Å². The molecular formula is C46H58N4O15. The molecule has 0 amide bonds. The number of ether oxygens (including phenoxy) is 7. The second-order valence-corrected chi connectivity index (χ2v) is 15.2.